The minimum absolute atomic E-state index is 0.0947. The fraction of sp³-hybridized carbons (Fsp3) is 0.444. The van der Waals surface area contributed by atoms with Crippen LogP contribution in [0.5, 0.6) is 0 Å². The van der Waals surface area contributed by atoms with Crippen molar-refractivity contribution in [3.05, 3.63) is 70.8 Å². The van der Waals surface area contributed by atoms with E-state index in [-0.39, 0.29) is 25.2 Å². The smallest absolute Gasteiger partial charge is 0.330 e. The van der Waals surface area contributed by atoms with Crippen LogP contribution in [0.2, 0.25) is 0 Å². The van der Waals surface area contributed by atoms with E-state index in [1.54, 1.807) is 6.92 Å². The Balaban J connectivity index is 1.85. The van der Waals surface area contributed by atoms with Crippen molar-refractivity contribution in [2.24, 2.45) is 5.73 Å². The van der Waals surface area contributed by atoms with Crippen molar-refractivity contribution >= 4 is 17.9 Å². The summed E-state index contributed by atoms with van der Waals surface area (Å²) in [6.45, 7) is 5.30. The molecule has 0 fully saturated rings. The van der Waals surface area contributed by atoms with Gasteiger partial charge in [0, 0.05) is 6.04 Å². The highest BCUT2D eigenvalue weighted by Gasteiger charge is 2.37. The molecule has 0 heterocycles. The number of ether oxygens (including phenoxy) is 2. The molecule has 1 aliphatic carbocycles. The maximum atomic E-state index is 13.1. The largest absolute Gasteiger partial charge is 0.465 e. The van der Waals surface area contributed by atoms with E-state index in [1.165, 1.54) is 18.1 Å². The molecule has 0 saturated heterocycles. The summed E-state index contributed by atoms with van der Waals surface area (Å²) in [5.41, 5.74) is 10.2. The molecule has 2 N–H and O–H groups in total. The highest BCUT2D eigenvalue weighted by Crippen LogP contribution is 2.28. The van der Waals surface area contributed by atoms with Gasteiger partial charge in [-0.15, -0.1) is 0 Å². The highest BCUT2D eigenvalue weighted by molar-refractivity contribution is 5.89. The van der Waals surface area contributed by atoms with Crippen LogP contribution in [0.15, 0.2) is 48.5 Å². The van der Waals surface area contributed by atoms with Gasteiger partial charge in [-0.3, -0.25) is 14.5 Å². The lowest BCUT2D eigenvalue weighted by atomic mass is 10.0. The first kappa shape index (κ1) is 25.6. The number of hydrogen-bond acceptors (Lipinski definition) is 7. The van der Waals surface area contributed by atoms with E-state index in [0.717, 1.165) is 11.1 Å². The molecule has 3 rings (SSSR count). The number of benzene rings is 2. The zero-order valence-corrected chi connectivity index (χ0v) is 20.2. The number of esters is 3. The Morgan fingerprint density at radius 3 is 2.21 bits per heavy atom. The number of nitrogens with two attached hydrogens (primary N) is 1. The molecule has 0 bridgehead atoms. The van der Waals surface area contributed by atoms with E-state index in [4.69, 9.17) is 15.2 Å². The molecule has 0 spiro atoms. The predicted molar refractivity (Wildman–Crippen MR) is 129 cm³/mol. The summed E-state index contributed by atoms with van der Waals surface area (Å²) in [7, 11) is 0. The van der Waals surface area contributed by atoms with Crippen molar-refractivity contribution in [2.75, 3.05) is 13.2 Å². The van der Waals surface area contributed by atoms with Crippen LogP contribution < -0.4 is 5.73 Å². The topological polar surface area (TPSA) is 98.9 Å². The summed E-state index contributed by atoms with van der Waals surface area (Å²) >= 11 is 0. The van der Waals surface area contributed by atoms with Gasteiger partial charge in [0.15, 0.2) is 0 Å². The van der Waals surface area contributed by atoms with Crippen LogP contribution >= 0.6 is 0 Å². The highest BCUT2D eigenvalue weighted by atomic mass is 16.6. The SMILES string of the molecule is CCOC(=O)C(CCc1ccc(C)cc1)N(CC(=O)OC(=O)[C@H](C)N)C1Cc2ccccc2C1. The Bertz CT molecular complexity index is 977. The van der Waals surface area contributed by atoms with Gasteiger partial charge in [0.1, 0.15) is 12.1 Å². The number of carbonyl (C=O) groups excluding carboxylic acids is 3. The zero-order valence-electron chi connectivity index (χ0n) is 20.2. The summed E-state index contributed by atoms with van der Waals surface area (Å²) in [6, 6.07) is 14.6. The van der Waals surface area contributed by atoms with E-state index >= 15 is 0 Å². The van der Waals surface area contributed by atoms with Gasteiger partial charge in [0.2, 0.25) is 0 Å². The average molecular weight is 467 g/mol. The maximum absolute atomic E-state index is 13.1. The number of carbonyl (C=O) groups is 3. The number of fused-ring (bicyclic) bond motifs is 1. The fourth-order valence-electron chi connectivity index (χ4n) is 4.37. The Kier molecular flexibility index (Phi) is 8.96. The second-order valence-corrected chi connectivity index (χ2v) is 8.88. The Hall–Kier alpha value is -3.03. The summed E-state index contributed by atoms with van der Waals surface area (Å²) in [5.74, 6) is -1.88. The summed E-state index contributed by atoms with van der Waals surface area (Å²) in [6.07, 6.45) is 2.52. The van der Waals surface area contributed by atoms with Crippen LogP contribution in [0.1, 0.15) is 42.5 Å². The van der Waals surface area contributed by atoms with Crippen LogP contribution in [0, 0.1) is 6.92 Å². The first-order chi connectivity index (χ1) is 16.3. The fourth-order valence-corrected chi connectivity index (χ4v) is 4.37. The Labute approximate surface area is 201 Å². The van der Waals surface area contributed by atoms with Gasteiger partial charge in [-0.05, 0) is 63.1 Å². The molecule has 7 nitrogen and oxygen atoms in total. The van der Waals surface area contributed by atoms with Crippen molar-refractivity contribution in [1.82, 2.24) is 4.90 Å². The lowest BCUT2D eigenvalue weighted by molar-refractivity contribution is -0.163. The van der Waals surface area contributed by atoms with Gasteiger partial charge in [-0.25, -0.2) is 4.79 Å². The second-order valence-electron chi connectivity index (χ2n) is 8.88. The molecule has 0 aliphatic heterocycles. The first-order valence-electron chi connectivity index (χ1n) is 11.8. The van der Waals surface area contributed by atoms with Crippen LogP contribution in [0.4, 0.5) is 0 Å². The van der Waals surface area contributed by atoms with Gasteiger partial charge < -0.3 is 15.2 Å². The van der Waals surface area contributed by atoms with Gasteiger partial charge in [0.05, 0.1) is 13.2 Å². The van der Waals surface area contributed by atoms with Gasteiger partial charge >= 0.3 is 17.9 Å². The normalized spacial score (nSPS) is 15.0. The van der Waals surface area contributed by atoms with Crippen molar-refractivity contribution in [3.63, 3.8) is 0 Å². The number of nitrogens with zero attached hydrogens (tertiary/aromatic N) is 1. The molecule has 2 aromatic carbocycles. The Morgan fingerprint density at radius 1 is 1.03 bits per heavy atom. The van der Waals surface area contributed by atoms with E-state index in [0.29, 0.717) is 25.7 Å². The number of aryl methyl sites for hydroxylation is 2. The molecule has 2 atom stereocenters. The van der Waals surface area contributed by atoms with Crippen molar-refractivity contribution in [1.29, 1.82) is 0 Å². The van der Waals surface area contributed by atoms with Gasteiger partial charge in [-0.2, -0.15) is 0 Å². The molecular weight excluding hydrogens is 432 g/mol. The molecule has 0 saturated carbocycles. The molecule has 2 aromatic rings. The van der Waals surface area contributed by atoms with Crippen LogP contribution in [-0.4, -0.2) is 54.1 Å². The molecule has 0 aromatic heterocycles. The van der Waals surface area contributed by atoms with E-state index in [9.17, 15) is 14.4 Å². The van der Waals surface area contributed by atoms with Crippen LogP contribution in [-0.2, 0) is 43.1 Å². The summed E-state index contributed by atoms with van der Waals surface area (Å²) in [5, 5.41) is 0. The third-order valence-electron chi connectivity index (χ3n) is 6.18. The van der Waals surface area contributed by atoms with Crippen molar-refractivity contribution in [3.8, 4) is 0 Å². The minimum Gasteiger partial charge on any atom is -0.465 e. The number of hydrogen-bond donors (Lipinski definition) is 1. The lowest BCUT2D eigenvalue weighted by Gasteiger charge is -2.34. The van der Waals surface area contributed by atoms with E-state index in [2.05, 4.69) is 12.1 Å². The third kappa shape index (κ3) is 6.74. The predicted octanol–water partition coefficient (Wildman–Crippen LogP) is 2.75. The third-order valence-corrected chi connectivity index (χ3v) is 6.18. The zero-order chi connectivity index (χ0) is 24.7. The molecule has 1 aliphatic rings. The Morgan fingerprint density at radius 2 is 1.65 bits per heavy atom. The first-order valence-corrected chi connectivity index (χ1v) is 11.8. The molecule has 0 radical (unpaired) electrons. The van der Waals surface area contributed by atoms with Crippen LogP contribution in [0.3, 0.4) is 0 Å². The van der Waals surface area contributed by atoms with Crippen molar-refractivity contribution < 1.29 is 23.9 Å². The summed E-state index contributed by atoms with van der Waals surface area (Å²) < 4.78 is 10.4. The molecule has 182 valence electrons. The van der Waals surface area contributed by atoms with Gasteiger partial charge in [0.25, 0.3) is 0 Å². The molecular formula is C27H34N2O5. The standard InChI is InChI=1S/C27H34N2O5/c1-4-33-27(32)24(14-13-20-11-9-18(2)10-12-20)29(17-25(30)34-26(31)19(3)28)23-15-21-7-5-6-8-22(21)16-23/h5-12,19,23-24H,4,13-17,28H2,1-3H3/t19-,24?/m0/s1. The van der Waals surface area contributed by atoms with Crippen LogP contribution in [0.25, 0.3) is 0 Å². The molecule has 0 amide bonds. The quantitative estimate of drug-likeness (QED) is 0.425. The number of rotatable bonds is 10. The second kappa shape index (κ2) is 11.9. The molecule has 1 unspecified atom stereocenters. The molecule has 7 heteroatoms. The summed E-state index contributed by atoms with van der Waals surface area (Å²) in [4.78, 5) is 39.6. The average Bonchev–Trinajstić information content (AvgIpc) is 3.23. The van der Waals surface area contributed by atoms with Crippen molar-refractivity contribution in [2.45, 2.75) is 64.6 Å². The minimum atomic E-state index is -0.907. The lowest BCUT2D eigenvalue weighted by Crippen LogP contribution is -2.51. The van der Waals surface area contributed by atoms with Gasteiger partial charge in [-0.1, -0.05) is 54.1 Å². The van der Waals surface area contributed by atoms with E-state index < -0.39 is 24.0 Å². The monoisotopic (exact) mass is 466 g/mol. The maximum Gasteiger partial charge on any atom is 0.330 e. The van der Waals surface area contributed by atoms with E-state index in [1.807, 2.05) is 48.2 Å². The molecule has 34 heavy (non-hydrogen) atoms.